The zero-order chi connectivity index (χ0) is 26.8. The number of ether oxygens (including phenoxy) is 6. The topological polar surface area (TPSA) is 96.1 Å². The Labute approximate surface area is 231 Å². The van der Waals surface area contributed by atoms with Gasteiger partial charge in [0.15, 0.2) is 6.29 Å². The molecule has 7 atom stereocenters. The molecule has 39 heavy (non-hydrogen) atoms. The highest BCUT2D eigenvalue weighted by Gasteiger charge is 2.46. The van der Waals surface area contributed by atoms with Crippen LogP contribution in [0.2, 0.25) is 0 Å². The van der Waals surface area contributed by atoms with Crippen LogP contribution in [-0.4, -0.2) is 55.4 Å². The predicted octanol–water partition coefficient (Wildman–Crippen LogP) is 5.35. The van der Waals surface area contributed by atoms with Crippen molar-refractivity contribution in [3.63, 3.8) is 0 Å². The Hall–Kier alpha value is -2.16. The minimum absolute atomic E-state index is 0.0374. The summed E-state index contributed by atoms with van der Waals surface area (Å²) in [5, 5.41) is 0. The van der Waals surface area contributed by atoms with Gasteiger partial charge in [-0.05, 0) is 94.4 Å². The first-order valence-corrected chi connectivity index (χ1v) is 15.2. The third kappa shape index (κ3) is 7.14. The van der Waals surface area contributed by atoms with E-state index in [-0.39, 0.29) is 42.3 Å². The van der Waals surface area contributed by atoms with Gasteiger partial charge in [-0.3, -0.25) is 9.59 Å². The van der Waals surface area contributed by atoms with E-state index in [0.717, 1.165) is 51.4 Å². The molecule has 5 aliphatic rings. The van der Waals surface area contributed by atoms with Gasteiger partial charge in [-0.1, -0.05) is 13.3 Å². The van der Waals surface area contributed by atoms with E-state index < -0.39 is 0 Å². The van der Waals surface area contributed by atoms with Crippen molar-refractivity contribution in [2.45, 2.75) is 121 Å². The van der Waals surface area contributed by atoms with Gasteiger partial charge in [0.1, 0.15) is 17.6 Å². The smallest absolute Gasteiger partial charge is 0.314 e. The molecule has 0 spiro atoms. The van der Waals surface area contributed by atoms with Gasteiger partial charge >= 0.3 is 11.9 Å². The summed E-state index contributed by atoms with van der Waals surface area (Å²) >= 11 is 0. The first-order chi connectivity index (χ1) is 19.0. The quantitative estimate of drug-likeness (QED) is 0.160. The summed E-state index contributed by atoms with van der Waals surface area (Å²) in [6, 6.07) is 7.20. The van der Waals surface area contributed by atoms with Crippen molar-refractivity contribution in [3.8, 4) is 11.5 Å². The summed E-state index contributed by atoms with van der Waals surface area (Å²) in [6.45, 7) is 2.82. The molecule has 0 aromatic heterocycles. The van der Waals surface area contributed by atoms with Crippen LogP contribution in [0.15, 0.2) is 24.3 Å². The lowest BCUT2D eigenvalue weighted by molar-refractivity contribution is -0.157. The summed E-state index contributed by atoms with van der Waals surface area (Å²) < 4.78 is 34.9. The SMILES string of the molecule is CCCC(OCC1CCC2OC2C1)Oc1ccc(OC(=O)C2CCC(OC(=O)C3CCC4OC4C3)CC2)cc1. The second-order valence-corrected chi connectivity index (χ2v) is 12.1. The van der Waals surface area contributed by atoms with Gasteiger partial charge in [0.2, 0.25) is 0 Å². The van der Waals surface area contributed by atoms with E-state index in [1.54, 1.807) is 12.1 Å². The van der Waals surface area contributed by atoms with Crippen LogP contribution in [0.4, 0.5) is 0 Å². The molecule has 2 saturated heterocycles. The van der Waals surface area contributed by atoms with Crippen molar-refractivity contribution in [2.24, 2.45) is 17.8 Å². The van der Waals surface area contributed by atoms with Crippen LogP contribution < -0.4 is 9.47 Å². The molecule has 1 aromatic carbocycles. The summed E-state index contributed by atoms with van der Waals surface area (Å²) in [5.74, 6) is 1.22. The number of carbonyl (C=O) groups is 2. The lowest BCUT2D eigenvalue weighted by Gasteiger charge is -2.28. The predicted molar refractivity (Wildman–Crippen MR) is 141 cm³/mol. The van der Waals surface area contributed by atoms with E-state index in [1.165, 1.54) is 0 Å². The zero-order valence-electron chi connectivity index (χ0n) is 23.0. The van der Waals surface area contributed by atoms with Crippen molar-refractivity contribution in [1.29, 1.82) is 0 Å². The van der Waals surface area contributed by atoms with Gasteiger partial charge in [-0.25, -0.2) is 0 Å². The lowest BCUT2D eigenvalue weighted by Crippen LogP contribution is -2.32. The lowest BCUT2D eigenvalue weighted by atomic mass is 9.86. The Balaban J connectivity index is 0.909. The number of fused-ring (bicyclic) bond motifs is 2. The van der Waals surface area contributed by atoms with Crippen LogP contribution in [0.5, 0.6) is 11.5 Å². The van der Waals surface area contributed by atoms with Crippen LogP contribution >= 0.6 is 0 Å². The number of hydrogen-bond acceptors (Lipinski definition) is 8. The molecule has 2 aliphatic heterocycles. The average Bonchev–Trinajstić information content (AvgIpc) is 3.87. The highest BCUT2D eigenvalue weighted by Crippen LogP contribution is 2.41. The molecular formula is C31H42O8. The summed E-state index contributed by atoms with van der Waals surface area (Å²) in [6.07, 6.45) is 11.7. The van der Waals surface area contributed by atoms with Gasteiger partial charge in [-0.2, -0.15) is 0 Å². The van der Waals surface area contributed by atoms with Gasteiger partial charge < -0.3 is 28.4 Å². The molecule has 3 saturated carbocycles. The minimum atomic E-state index is -0.289. The van der Waals surface area contributed by atoms with Gasteiger partial charge in [0, 0.05) is 6.42 Å². The third-order valence-electron chi connectivity index (χ3n) is 9.09. The molecule has 0 N–H and O–H groups in total. The Bertz CT molecular complexity index is 987. The largest absolute Gasteiger partial charge is 0.465 e. The summed E-state index contributed by atoms with van der Waals surface area (Å²) in [5.41, 5.74) is 0. The zero-order valence-corrected chi connectivity index (χ0v) is 23.0. The van der Waals surface area contributed by atoms with E-state index in [2.05, 4.69) is 6.92 Å². The number of hydrogen-bond donors (Lipinski definition) is 0. The number of rotatable bonds is 11. The Morgan fingerprint density at radius 3 is 2.15 bits per heavy atom. The molecule has 0 radical (unpaired) electrons. The first-order valence-electron chi connectivity index (χ1n) is 15.2. The number of benzene rings is 1. The molecular weight excluding hydrogens is 500 g/mol. The van der Waals surface area contributed by atoms with Crippen molar-refractivity contribution in [2.75, 3.05) is 6.61 Å². The Morgan fingerprint density at radius 2 is 1.46 bits per heavy atom. The summed E-state index contributed by atoms with van der Waals surface area (Å²) in [7, 11) is 0. The Kier molecular flexibility index (Phi) is 8.42. The molecule has 1 aromatic rings. The maximum Gasteiger partial charge on any atom is 0.314 e. The number of carbonyl (C=O) groups excluding carboxylic acids is 2. The monoisotopic (exact) mass is 542 g/mol. The van der Waals surface area contributed by atoms with E-state index in [4.69, 9.17) is 28.4 Å². The fourth-order valence-electron chi connectivity index (χ4n) is 6.53. The fraction of sp³-hybridized carbons (Fsp3) is 0.742. The van der Waals surface area contributed by atoms with Gasteiger partial charge in [0.05, 0.1) is 42.9 Å². The second-order valence-electron chi connectivity index (χ2n) is 12.1. The molecule has 0 bridgehead atoms. The molecule has 2 heterocycles. The Morgan fingerprint density at radius 1 is 0.795 bits per heavy atom. The third-order valence-corrected chi connectivity index (χ3v) is 9.09. The average molecular weight is 543 g/mol. The maximum atomic E-state index is 12.8. The minimum Gasteiger partial charge on any atom is -0.465 e. The summed E-state index contributed by atoms with van der Waals surface area (Å²) in [4.78, 5) is 25.3. The van der Waals surface area contributed by atoms with Crippen molar-refractivity contribution < 1.29 is 38.0 Å². The van der Waals surface area contributed by atoms with Gasteiger partial charge in [-0.15, -0.1) is 0 Å². The highest BCUT2D eigenvalue weighted by molar-refractivity contribution is 5.75. The van der Waals surface area contributed by atoms with Crippen LogP contribution in [-0.2, 0) is 28.5 Å². The van der Waals surface area contributed by atoms with E-state index in [9.17, 15) is 9.59 Å². The number of esters is 2. The number of epoxide rings is 2. The standard InChI is InChI=1S/C31H42O8/c1-2-3-29(34-18-19-4-14-25-27(16-19)38-25)35-22-10-12-24(13-11-22)36-30(32)20-5-8-23(9-6-20)37-31(33)21-7-15-26-28(17-21)39-26/h10-13,19-21,23,25-29H,2-9,14-18H2,1H3. The van der Waals surface area contributed by atoms with E-state index in [1.807, 2.05) is 12.1 Å². The molecule has 8 nitrogen and oxygen atoms in total. The molecule has 6 rings (SSSR count). The molecule has 214 valence electrons. The van der Waals surface area contributed by atoms with Crippen molar-refractivity contribution in [1.82, 2.24) is 0 Å². The van der Waals surface area contributed by atoms with E-state index in [0.29, 0.717) is 68.0 Å². The maximum absolute atomic E-state index is 12.8. The molecule has 3 aliphatic carbocycles. The van der Waals surface area contributed by atoms with Crippen LogP contribution in [0, 0.1) is 17.8 Å². The van der Waals surface area contributed by atoms with Crippen LogP contribution in [0.25, 0.3) is 0 Å². The van der Waals surface area contributed by atoms with Crippen molar-refractivity contribution >= 4 is 11.9 Å². The van der Waals surface area contributed by atoms with Crippen LogP contribution in [0.3, 0.4) is 0 Å². The molecule has 5 fully saturated rings. The van der Waals surface area contributed by atoms with Crippen LogP contribution in [0.1, 0.15) is 84.0 Å². The fourth-order valence-corrected chi connectivity index (χ4v) is 6.53. The normalized spacial score (nSPS) is 35.6. The highest BCUT2D eigenvalue weighted by atomic mass is 16.7. The molecule has 8 heteroatoms. The second kappa shape index (κ2) is 12.1. The van der Waals surface area contributed by atoms with Gasteiger partial charge in [0.25, 0.3) is 0 Å². The van der Waals surface area contributed by atoms with Crippen molar-refractivity contribution in [3.05, 3.63) is 24.3 Å². The first kappa shape index (κ1) is 27.0. The molecule has 7 unspecified atom stereocenters. The molecule has 0 amide bonds. The van der Waals surface area contributed by atoms with E-state index >= 15 is 0 Å².